The van der Waals surface area contributed by atoms with Crippen LogP contribution < -0.4 is 16.0 Å². The highest BCUT2D eigenvalue weighted by molar-refractivity contribution is 6.31. The third-order valence-corrected chi connectivity index (χ3v) is 8.58. The Kier molecular flexibility index (Phi) is 7.97. The van der Waals surface area contributed by atoms with Crippen molar-refractivity contribution in [2.75, 3.05) is 44.7 Å². The molecule has 10 heteroatoms. The number of benzene rings is 2. The van der Waals surface area contributed by atoms with Crippen molar-refractivity contribution in [2.45, 2.75) is 50.6 Å². The van der Waals surface area contributed by atoms with E-state index in [4.69, 9.17) is 27.9 Å². The Morgan fingerprint density at radius 2 is 1.95 bits per heavy atom. The normalized spacial score (nSPS) is 27.0. The van der Waals surface area contributed by atoms with Gasteiger partial charge in [0.05, 0.1) is 24.3 Å². The fourth-order valence-electron chi connectivity index (χ4n) is 6.42. The van der Waals surface area contributed by atoms with Crippen LogP contribution in [0.1, 0.15) is 44.2 Å². The van der Waals surface area contributed by atoms with Gasteiger partial charge in [0.15, 0.2) is 0 Å². The van der Waals surface area contributed by atoms with E-state index in [0.717, 1.165) is 13.1 Å². The zero-order chi connectivity index (χ0) is 27.9. The van der Waals surface area contributed by atoms with Gasteiger partial charge < -0.3 is 20.7 Å². The van der Waals surface area contributed by atoms with Crippen LogP contribution >= 0.6 is 23.2 Å². The molecule has 0 radical (unpaired) electrons. The fraction of sp³-hybridized carbons (Fsp3) is 0.517. The van der Waals surface area contributed by atoms with E-state index in [1.807, 2.05) is 6.07 Å². The predicted molar refractivity (Wildman–Crippen MR) is 151 cm³/mol. The summed E-state index contributed by atoms with van der Waals surface area (Å²) in [5.41, 5.74) is 0.0582. The smallest absolute Gasteiger partial charge is 0.237 e. The highest BCUT2D eigenvalue weighted by Gasteiger charge is 2.66. The van der Waals surface area contributed by atoms with E-state index in [2.05, 4.69) is 41.6 Å². The highest BCUT2D eigenvalue weighted by atomic mass is 35.5. The Hall–Kier alpha value is -2.23. The molecule has 2 aromatic carbocycles. The van der Waals surface area contributed by atoms with Gasteiger partial charge in [0.1, 0.15) is 11.2 Å². The average molecular weight is 578 g/mol. The molecule has 2 saturated heterocycles. The lowest BCUT2D eigenvalue weighted by atomic mass is 9.62. The number of hydrogen-bond donors (Lipinski definition) is 3. The molecule has 0 bridgehead atoms. The summed E-state index contributed by atoms with van der Waals surface area (Å²) in [4.78, 5) is 30.2. The standard InChI is InChI=1S/C29H35Cl2FN4O3/c1-28(2,3)16-22-29(19-8-7-17(30)15-21(19)34-27(29)38)23(18-5-4-6-20(31)24(18)32)25(35-22)26(37)33-9-10-36-11-13-39-14-12-36/h4-8,15,22-23,25,35H,9-14,16H2,1-3H3,(H,33,37)(H,34,38)/t22-,23?,25-,29+/m1/s1. The first kappa shape index (κ1) is 28.3. The van der Waals surface area contributed by atoms with Crippen molar-refractivity contribution < 1.29 is 18.7 Å². The maximum atomic E-state index is 15.8. The van der Waals surface area contributed by atoms with Crippen LogP contribution in [0.25, 0.3) is 0 Å². The van der Waals surface area contributed by atoms with Gasteiger partial charge in [0.25, 0.3) is 0 Å². The van der Waals surface area contributed by atoms with Crippen molar-refractivity contribution in [1.82, 2.24) is 15.5 Å². The molecule has 39 heavy (non-hydrogen) atoms. The zero-order valence-corrected chi connectivity index (χ0v) is 24.0. The summed E-state index contributed by atoms with van der Waals surface area (Å²) in [7, 11) is 0. The number of hydrogen-bond acceptors (Lipinski definition) is 5. The molecule has 0 saturated carbocycles. The number of amides is 2. The van der Waals surface area contributed by atoms with Crippen molar-refractivity contribution in [2.24, 2.45) is 5.41 Å². The van der Waals surface area contributed by atoms with Gasteiger partial charge in [0.2, 0.25) is 11.8 Å². The number of rotatable bonds is 6. The van der Waals surface area contributed by atoms with E-state index < -0.39 is 29.2 Å². The van der Waals surface area contributed by atoms with Crippen LogP contribution in [0.3, 0.4) is 0 Å². The van der Waals surface area contributed by atoms with Crippen LogP contribution in [-0.2, 0) is 19.7 Å². The van der Waals surface area contributed by atoms with Crippen LogP contribution in [-0.4, -0.2) is 68.2 Å². The maximum absolute atomic E-state index is 15.8. The molecule has 1 spiro atoms. The topological polar surface area (TPSA) is 82.7 Å². The van der Waals surface area contributed by atoms with Crippen molar-refractivity contribution in [1.29, 1.82) is 0 Å². The molecule has 5 rings (SSSR count). The monoisotopic (exact) mass is 576 g/mol. The lowest BCUT2D eigenvalue weighted by Crippen LogP contribution is -2.49. The van der Waals surface area contributed by atoms with Gasteiger partial charge in [0, 0.05) is 48.8 Å². The summed E-state index contributed by atoms with van der Waals surface area (Å²) in [5, 5.41) is 9.98. The van der Waals surface area contributed by atoms with Gasteiger partial charge in [-0.1, -0.05) is 62.2 Å². The van der Waals surface area contributed by atoms with Crippen LogP contribution in [0.5, 0.6) is 0 Å². The van der Waals surface area contributed by atoms with Crippen molar-refractivity contribution in [3.63, 3.8) is 0 Å². The molecule has 3 heterocycles. The Morgan fingerprint density at radius 1 is 1.21 bits per heavy atom. The van der Waals surface area contributed by atoms with Crippen LogP contribution in [0, 0.1) is 11.2 Å². The Bertz CT molecular complexity index is 1260. The SMILES string of the molecule is CC(C)(C)C[C@H]1N[C@@H](C(=O)NCCN2CCOCC2)C(c2cccc(Cl)c2F)[C@@]12C(=O)Nc1cc(Cl)ccc12. The molecular weight excluding hydrogens is 542 g/mol. The Labute approximate surface area is 238 Å². The number of carbonyl (C=O) groups is 2. The Morgan fingerprint density at radius 3 is 2.67 bits per heavy atom. The first-order chi connectivity index (χ1) is 18.5. The number of halogens is 3. The van der Waals surface area contributed by atoms with Crippen LogP contribution in [0.4, 0.5) is 10.1 Å². The molecule has 2 amide bonds. The van der Waals surface area contributed by atoms with E-state index in [-0.39, 0.29) is 27.8 Å². The van der Waals surface area contributed by atoms with Gasteiger partial charge in [-0.15, -0.1) is 0 Å². The van der Waals surface area contributed by atoms with Gasteiger partial charge in [-0.2, -0.15) is 0 Å². The van der Waals surface area contributed by atoms with Crippen LogP contribution in [0.15, 0.2) is 36.4 Å². The number of morpholine rings is 1. The summed E-state index contributed by atoms with van der Waals surface area (Å²) < 4.78 is 21.2. The molecule has 3 aliphatic heterocycles. The van der Waals surface area contributed by atoms with Gasteiger partial charge in [-0.25, -0.2) is 4.39 Å². The second-order valence-electron chi connectivity index (χ2n) is 11.8. The quantitative estimate of drug-likeness (QED) is 0.477. The minimum atomic E-state index is -1.26. The number of nitrogens with one attached hydrogen (secondary N) is 3. The molecule has 0 aliphatic carbocycles. The first-order valence-corrected chi connectivity index (χ1v) is 14.2. The molecule has 3 N–H and O–H groups in total. The zero-order valence-electron chi connectivity index (χ0n) is 22.5. The van der Waals surface area contributed by atoms with Gasteiger partial charge >= 0.3 is 0 Å². The van der Waals surface area contributed by atoms with Gasteiger partial charge in [-0.05, 0) is 41.2 Å². The predicted octanol–water partition coefficient (Wildman–Crippen LogP) is 4.33. The number of ether oxygens (including phenoxy) is 1. The number of anilines is 1. The van der Waals surface area contributed by atoms with E-state index >= 15 is 4.39 Å². The third-order valence-electron chi connectivity index (χ3n) is 8.05. The van der Waals surface area contributed by atoms with Crippen molar-refractivity contribution in [3.05, 3.63) is 63.4 Å². The fourth-order valence-corrected chi connectivity index (χ4v) is 6.78. The summed E-state index contributed by atoms with van der Waals surface area (Å²) in [6.45, 7) is 10.3. The molecule has 2 fully saturated rings. The largest absolute Gasteiger partial charge is 0.379 e. The summed E-state index contributed by atoms with van der Waals surface area (Å²) >= 11 is 12.5. The van der Waals surface area contributed by atoms with Gasteiger partial charge in [-0.3, -0.25) is 14.5 Å². The van der Waals surface area contributed by atoms with Crippen molar-refractivity contribution in [3.8, 4) is 0 Å². The molecule has 1 unspecified atom stereocenters. The lowest BCUT2D eigenvalue weighted by Gasteiger charge is -2.37. The first-order valence-electron chi connectivity index (χ1n) is 13.4. The number of nitrogens with zero attached hydrogens (tertiary/aromatic N) is 1. The second kappa shape index (κ2) is 11.0. The highest BCUT2D eigenvalue weighted by Crippen LogP contribution is 2.57. The molecule has 2 aromatic rings. The minimum Gasteiger partial charge on any atom is -0.379 e. The number of fused-ring (bicyclic) bond motifs is 2. The summed E-state index contributed by atoms with van der Waals surface area (Å²) in [6.07, 6.45) is 0.568. The van der Waals surface area contributed by atoms with E-state index in [1.165, 1.54) is 6.07 Å². The van der Waals surface area contributed by atoms with Crippen LogP contribution in [0.2, 0.25) is 10.0 Å². The molecule has 4 atom stereocenters. The molecular formula is C29H35Cl2FN4O3. The molecule has 0 aromatic heterocycles. The lowest BCUT2D eigenvalue weighted by molar-refractivity contribution is -0.124. The van der Waals surface area contributed by atoms with E-state index in [1.54, 1.807) is 24.3 Å². The molecule has 3 aliphatic rings. The average Bonchev–Trinajstić information content (AvgIpc) is 3.35. The molecule has 7 nitrogen and oxygen atoms in total. The van der Waals surface area contributed by atoms with E-state index in [9.17, 15) is 9.59 Å². The maximum Gasteiger partial charge on any atom is 0.237 e. The molecule has 210 valence electrons. The Balaban J connectivity index is 1.59. The third kappa shape index (κ3) is 5.30. The second-order valence-corrected chi connectivity index (χ2v) is 12.7. The summed E-state index contributed by atoms with van der Waals surface area (Å²) in [5.74, 6) is -2.04. The summed E-state index contributed by atoms with van der Waals surface area (Å²) in [6, 6.07) is 8.69. The van der Waals surface area contributed by atoms with E-state index in [0.29, 0.717) is 49.0 Å². The number of carbonyl (C=O) groups excluding carboxylic acids is 2. The minimum absolute atomic E-state index is 0.0527. The van der Waals surface area contributed by atoms with Crippen molar-refractivity contribution >= 4 is 40.7 Å².